The highest BCUT2D eigenvalue weighted by atomic mass is 33.7. The molecule has 0 aromatic rings. The lowest BCUT2D eigenvalue weighted by Crippen LogP contribution is -1.26. The second-order valence-corrected chi connectivity index (χ2v) is 5.74. The molecule has 0 atom stereocenters. The average Bonchev–Trinajstić information content (AvgIpc) is 1.61. The van der Waals surface area contributed by atoms with Crippen molar-refractivity contribution in [2.45, 2.75) is 0 Å². The number of hydrogen-bond donors (Lipinski definition) is 0. The van der Waals surface area contributed by atoms with Crippen molar-refractivity contribution in [1.29, 1.82) is 0 Å². The van der Waals surface area contributed by atoms with E-state index in [0.29, 0.717) is 0 Å². The summed E-state index contributed by atoms with van der Waals surface area (Å²) in [5.41, 5.74) is 0. The van der Waals surface area contributed by atoms with Gasteiger partial charge in [0.05, 0.1) is 0 Å². The van der Waals surface area contributed by atoms with E-state index < -0.39 is 0 Å². The van der Waals surface area contributed by atoms with Gasteiger partial charge in [-0.25, -0.2) is 0 Å². The van der Waals surface area contributed by atoms with E-state index >= 15 is 0 Å². The van der Waals surface area contributed by atoms with Crippen LogP contribution < -0.4 is 0 Å². The Bertz CT molecular complexity index is 19.5. The Labute approximate surface area is 51.9 Å². The van der Waals surface area contributed by atoms with Crippen LogP contribution in [-0.4, -0.2) is 6.26 Å². The van der Waals surface area contributed by atoms with Gasteiger partial charge in [0.1, 0.15) is 11.2 Å². The SMILES string of the molecule is CSSSSF. The Balaban J connectivity index is 2.34. The van der Waals surface area contributed by atoms with Crippen LogP contribution >= 0.6 is 41.6 Å². The normalized spacial score (nSPS) is 9.00. The third kappa shape index (κ3) is 5.33. The topological polar surface area (TPSA) is 0 Å². The van der Waals surface area contributed by atoms with Crippen molar-refractivity contribution in [3.8, 4) is 0 Å². The summed E-state index contributed by atoms with van der Waals surface area (Å²) >= 11 is 0.285. The summed E-state index contributed by atoms with van der Waals surface area (Å²) in [5, 5.41) is 0. The molecule has 0 aromatic heterocycles. The molecule has 0 saturated heterocycles. The van der Waals surface area contributed by atoms with Gasteiger partial charge in [-0.3, -0.25) is 0 Å². The second kappa shape index (κ2) is 6.33. The van der Waals surface area contributed by atoms with Crippen molar-refractivity contribution in [2.75, 3.05) is 6.26 Å². The molecule has 0 heterocycles. The van der Waals surface area contributed by atoms with E-state index in [1.165, 1.54) is 9.83 Å². The van der Waals surface area contributed by atoms with Gasteiger partial charge in [-0.15, -0.1) is 0 Å². The molecule has 0 amide bonds. The van der Waals surface area contributed by atoms with Crippen LogP contribution in [0, 0.1) is 0 Å². The molecule has 0 aromatic carbocycles. The zero-order valence-electron chi connectivity index (χ0n) is 3.01. The average molecular weight is 162 g/mol. The third-order valence-corrected chi connectivity index (χ3v) is 4.78. The standard InChI is InChI=1S/CH3FS4/c1-3-5-6-4-2/h1H3. The van der Waals surface area contributed by atoms with Crippen LogP contribution in [0.25, 0.3) is 0 Å². The van der Waals surface area contributed by atoms with E-state index in [1.54, 1.807) is 10.8 Å². The Hall–Kier alpha value is 1.33. The largest absolute Gasteiger partial charge is 0.152 e. The van der Waals surface area contributed by atoms with Crippen LogP contribution in [0.4, 0.5) is 3.89 Å². The molecular weight excluding hydrogens is 159 g/mol. The molecule has 0 bridgehead atoms. The van der Waals surface area contributed by atoms with Crippen molar-refractivity contribution < 1.29 is 3.89 Å². The van der Waals surface area contributed by atoms with Crippen molar-refractivity contribution in [2.24, 2.45) is 0 Å². The fraction of sp³-hybridized carbons (Fsp3) is 1.00. The second-order valence-electron chi connectivity index (χ2n) is 0.366. The molecule has 0 nitrogen and oxygen atoms in total. The lowest BCUT2D eigenvalue weighted by atomic mass is 12.0. The van der Waals surface area contributed by atoms with E-state index in [0.717, 1.165) is 9.83 Å². The molecular formula is CH3FS4. The lowest BCUT2D eigenvalue weighted by Gasteiger charge is -1.80. The highest BCUT2D eigenvalue weighted by Gasteiger charge is 1.81. The van der Waals surface area contributed by atoms with Crippen LogP contribution in [0.2, 0.25) is 0 Å². The van der Waals surface area contributed by atoms with E-state index in [4.69, 9.17) is 0 Å². The van der Waals surface area contributed by atoms with Gasteiger partial charge in [-0.05, 0) is 16.1 Å². The van der Waals surface area contributed by atoms with Crippen molar-refractivity contribution in [3.63, 3.8) is 0 Å². The summed E-state index contributed by atoms with van der Waals surface area (Å²) < 4.78 is 11.0. The molecule has 0 N–H and O–H groups in total. The Kier molecular flexibility index (Phi) is 7.73. The number of hydrogen-bond acceptors (Lipinski definition) is 4. The molecule has 6 heavy (non-hydrogen) atoms. The first-order valence-corrected chi connectivity index (χ1v) is 6.19. The zero-order valence-corrected chi connectivity index (χ0v) is 6.28. The van der Waals surface area contributed by atoms with E-state index in [9.17, 15) is 3.89 Å². The first kappa shape index (κ1) is 7.33. The van der Waals surface area contributed by atoms with Gasteiger partial charge in [-0.1, -0.05) is 10.8 Å². The number of halogens is 1. The van der Waals surface area contributed by atoms with Gasteiger partial charge in [0.2, 0.25) is 0 Å². The maximum Gasteiger partial charge on any atom is 0.127 e. The van der Waals surface area contributed by atoms with E-state index in [-0.39, 0.29) is 11.2 Å². The van der Waals surface area contributed by atoms with Gasteiger partial charge in [-0.2, -0.15) is 3.89 Å². The Morgan fingerprint density at radius 3 is 2.17 bits per heavy atom. The molecule has 5 heteroatoms. The summed E-state index contributed by atoms with van der Waals surface area (Å²) in [4.78, 5) is 0. The zero-order chi connectivity index (χ0) is 4.83. The Morgan fingerprint density at radius 1 is 1.33 bits per heavy atom. The molecule has 0 aliphatic carbocycles. The van der Waals surface area contributed by atoms with Crippen LogP contribution in [0.1, 0.15) is 0 Å². The molecule has 0 rings (SSSR count). The molecule has 0 aliphatic heterocycles. The van der Waals surface area contributed by atoms with Crippen molar-refractivity contribution >= 4 is 41.6 Å². The van der Waals surface area contributed by atoms with Crippen LogP contribution in [0.3, 0.4) is 0 Å². The minimum absolute atomic E-state index is 0.285. The highest BCUT2D eigenvalue weighted by Crippen LogP contribution is 2.41. The van der Waals surface area contributed by atoms with Gasteiger partial charge in [0.25, 0.3) is 0 Å². The molecule has 0 aliphatic rings. The molecule has 0 fully saturated rings. The minimum atomic E-state index is 0.285. The Morgan fingerprint density at radius 2 is 2.00 bits per heavy atom. The van der Waals surface area contributed by atoms with Gasteiger partial charge >= 0.3 is 0 Å². The van der Waals surface area contributed by atoms with Gasteiger partial charge in [0.15, 0.2) is 0 Å². The maximum absolute atomic E-state index is 11.0. The first-order valence-electron chi connectivity index (χ1n) is 1.06. The molecule has 0 radical (unpaired) electrons. The maximum atomic E-state index is 11.0. The quantitative estimate of drug-likeness (QED) is 0.461. The summed E-state index contributed by atoms with van der Waals surface area (Å²) in [6, 6.07) is 0. The number of rotatable bonds is 3. The van der Waals surface area contributed by atoms with Gasteiger partial charge in [0, 0.05) is 9.83 Å². The third-order valence-electron chi connectivity index (χ3n) is 0.122. The monoisotopic (exact) mass is 162 g/mol. The van der Waals surface area contributed by atoms with E-state index in [2.05, 4.69) is 0 Å². The predicted molar refractivity (Wildman–Crippen MR) is 37.4 cm³/mol. The van der Waals surface area contributed by atoms with Crippen molar-refractivity contribution in [1.82, 2.24) is 0 Å². The fourth-order valence-electron chi connectivity index (χ4n) is 0.0383. The summed E-state index contributed by atoms with van der Waals surface area (Å²) in [5.74, 6) is 0. The highest BCUT2D eigenvalue weighted by molar-refractivity contribution is 9.25. The van der Waals surface area contributed by atoms with E-state index in [1.807, 2.05) is 6.26 Å². The summed E-state index contributed by atoms with van der Waals surface area (Å²) in [7, 11) is 4.11. The molecule has 38 valence electrons. The smallest absolute Gasteiger partial charge is 0.127 e. The van der Waals surface area contributed by atoms with Crippen LogP contribution in [0.5, 0.6) is 0 Å². The molecule has 0 saturated carbocycles. The minimum Gasteiger partial charge on any atom is -0.152 e. The predicted octanol–water partition coefficient (Wildman–Crippen LogP) is 3.18. The van der Waals surface area contributed by atoms with Crippen LogP contribution in [0.15, 0.2) is 0 Å². The van der Waals surface area contributed by atoms with Crippen molar-refractivity contribution in [3.05, 3.63) is 0 Å². The van der Waals surface area contributed by atoms with Gasteiger partial charge < -0.3 is 0 Å². The molecule has 0 spiro atoms. The first-order chi connectivity index (χ1) is 2.91. The summed E-state index contributed by atoms with van der Waals surface area (Å²) in [6.07, 6.45) is 1.91. The lowest BCUT2D eigenvalue weighted by molar-refractivity contribution is 0.954. The summed E-state index contributed by atoms with van der Waals surface area (Å²) in [6.45, 7) is 0. The molecule has 0 unspecified atom stereocenters. The van der Waals surface area contributed by atoms with Crippen LogP contribution in [-0.2, 0) is 0 Å². The fourth-order valence-corrected chi connectivity index (χ4v) is 3.10.